The topological polar surface area (TPSA) is 52.6 Å². The van der Waals surface area contributed by atoms with E-state index in [1.807, 2.05) is 12.1 Å². The third-order valence-corrected chi connectivity index (χ3v) is 3.36. The van der Waals surface area contributed by atoms with Crippen LogP contribution < -0.4 is 9.47 Å². The van der Waals surface area contributed by atoms with Gasteiger partial charge in [-0.15, -0.1) is 0 Å². The van der Waals surface area contributed by atoms with E-state index in [-0.39, 0.29) is 11.9 Å². The van der Waals surface area contributed by atoms with Crippen LogP contribution in [0.1, 0.15) is 36.8 Å². The van der Waals surface area contributed by atoms with Gasteiger partial charge in [-0.3, -0.25) is 9.59 Å². The van der Waals surface area contributed by atoms with E-state index in [0.717, 1.165) is 36.8 Å². The van der Waals surface area contributed by atoms with Gasteiger partial charge in [0.05, 0.1) is 0 Å². The van der Waals surface area contributed by atoms with Gasteiger partial charge in [-0.2, -0.15) is 0 Å². The standard InChI is InChI=1S/C14H14O4/c15-11-5-1-3-9-7-8-10-4-2-6-12(16)18-14(10)13(9)17-11/h7-8H,1-6H2. The largest absolute Gasteiger partial charge is 0.422 e. The van der Waals surface area contributed by atoms with Crippen molar-refractivity contribution in [2.75, 3.05) is 0 Å². The summed E-state index contributed by atoms with van der Waals surface area (Å²) in [5.41, 5.74) is 1.91. The fourth-order valence-electron chi connectivity index (χ4n) is 2.44. The summed E-state index contributed by atoms with van der Waals surface area (Å²) in [6.07, 6.45) is 3.95. The highest BCUT2D eigenvalue weighted by molar-refractivity contribution is 5.79. The smallest absolute Gasteiger partial charge is 0.311 e. The summed E-state index contributed by atoms with van der Waals surface area (Å²) in [5.74, 6) is 0.431. The predicted molar refractivity (Wildman–Crippen MR) is 63.6 cm³/mol. The Bertz CT molecular complexity index is 472. The zero-order valence-corrected chi connectivity index (χ0v) is 10.0. The van der Waals surface area contributed by atoms with Crippen LogP contribution >= 0.6 is 0 Å². The molecule has 2 aliphatic heterocycles. The van der Waals surface area contributed by atoms with E-state index >= 15 is 0 Å². The van der Waals surface area contributed by atoms with E-state index in [9.17, 15) is 9.59 Å². The third kappa shape index (κ3) is 1.98. The van der Waals surface area contributed by atoms with E-state index in [0.29, 0.717) is 24.3 Å². The number of hydrogen-bond acceptors (Lipinski definition) is 4. The fourth-order valence-corrected chi connectivity index (χ4v) is 2.44. The first-order valence-electron chi connectivity index (χ1n) is 6.30. The van der Waals surface area contributed by atoms with E-state index < -0.39 is 0 Å². The number of esters is 2. The molecule has 94 valence electrons. The molecule has 18 heavy (non-hydrogen) atoms. The molecule has 1 aromatic rings. The van der Waals surface area contributed by atoms with Crippen LogP contribution in [0.15, 0.2) is 12.1 Å². The maximum atomic E-state index is 11.5. The molecule has 0 fully saturated rings. The van der Waals surface area contributed by atoms with Crippen LogP contribution in [-0.2, 0) is 22.4 Å². The molecule has 0 unspecified atom stereocenters. The molecular weight excluding hydrogens is 232 g/mol. The lowest BCUT2D eigenvalue weighted by Crippen LogP contribution is -2.10. The lowest BCUT2D eigenvalue weighted by Gasteiger charge is -2.13. The quantitative estimate of drug-likeness (QED) is 0.520. The molecule has 4 heteroatoms. The zero-order chi connectivity index (χ0) is 12.5. The van der Waals surface area contributed by atoms with Gasteiger partial charge in [-0.1, -0.05) is 12.1 Å². The molecule has 0 saturated heterocycles. The van der Waals surface area contributed by atoms with Gasteiger partial charge < -0.3 is 9.47 Å². The van der Waals surface area contributed by atoms with Gasteiger partial charge in [0, 0.05) is 12.8 Å². The van der Waals surface area contributed by atoms with Gasteiger partial charge in [-0.25, -0.2) is 0 Å². The van der Waals surface area contributed by atoms with Gasteiger partial charge in [0.2, 0.25) is 0 Å². The highest BCUT2D eigenvalue weighted by Crippen LogP contribution is 2.39. The highest BCUT2D eigenvalue weighted by atomic mass is 16.6. The van der Waals surface area contributed by atoms with E-state index in [2.05, 4.69) is 0 Å². The second-order valence-corrected chi connectivity index (χ2v) is 4.70. The molecule has 2 heterocycles. The van der Waals surface area contributed by atoms with Crippen molar-refractivity contribution in [1.29, 1.82) is 0 Å². The minimum absolute atomic E-state index is 0.248. The van der Waals surface area contributed by atoms with Gasteiger partial charge in [0.1, 0.15) is 0 Å². The average Bonchev–Trinajstić information content (AvgIpc) is 2.63. The Balaban J connectivity index is 2.10. The van der Waals surface area contributed by atoms with Crippen LogP contribution in [0.25, 0.3) is 0 Å². The number of ether oxygens (including phenoxy) is 2. The number of carbonyl (C=O) groups excluding carboxylic acids is 2. The number of carbonyl (C=O) groups is 2. The van der Waals surface area contributed by atoms with Crippen molar-refractivity contribution in [3.8, 4) is 11.5 Å². The van der Waals surface area contributed by atoms with Gasteiger partial charge in [0.25, 0.3) is 0 Å². The van der Waals surface area contributed by atoms with Gasteiger partial charge in [-0.05, 0) is 36.8 Å². The lowest BCUT2D eigenvalue weighted by molar-refractivity contribution is -0.136. The molecule has 0 amide bonds. The first kappa shape index (κ1) is 11.3. The fraction of sp³-hybridized carbons (Fsp3) is 0.429. The van der Waals surface area contributed by atoms with Crippen molar-refractivity contribution in [2.45, 2.75) is 38.5 Å². The molecule has 0 N–H and O–H groups in total. The van der Waals surface area contributed by atoms with Crippen LogP contribution in [0, 0.1) is 0 Å². The van der Waals surface area contributed by atoms with Gasteiger partial charge in [0.15, 0.2) is 11.5 Å². The Labute approximate surface area is 105 Å². The molecule has 0 radical (unpaired) electrons. The maximum Gasteiger partial charge on any atom is 0.311 e. The van der Waals surface area contributed by atoms with E-state index in [1.54, 1.807) is 0 Å². The van der Waals surface area contributed by atoms with Gasteiger partial charge >= 0.3 is 11.9 Å². The Kier molecular flexibility index (Phi) is 2.78. The first-order valence-corrected chi connectivity index (χ1v) is 6.30. The monoisotopic (exact) mass is 246 g/mol. The molecule has 0 spiro atoms. The molecule has 3 rings (SSSR count). The predicted octanol–water partition coefficient (Wildman–Crippen LogP) is 2.17. The normalized spacial score (nSPS) is 18.9. The Morgan fingerprint density at radius 2 is 1.17 bits per heavy atom. The minimum atomic E-state index is -0.248. The van der Waals surface area contributed by atoms with Crippen molar-refractivity contribution in [2.24, 2.45) is 0 Å². The SMILES string of the molecule is O=C1CCCc2ccc3c(c2O1)OC(=O)CCC3. The van der Waals surface area contributed by atoms with E-state index in [4.69, 9.17) is 9.47 Å². The number of benzene rings is 1. The number of hydrogen-bond donors (Lipinski definition) is 0. The summed E-state index contributed by atoms with van der Waals surface area (Å²) in [4.78, 5) is 23.1. The summed E-state index contributed by atoms with van der Waals surface area (Å²) in [7, 11) is 0. The van der Waals surface area contributed by atoms with Crippen LogP contribution in [0.5, 0.6) is 11.5 Å². The minimum Gasteiger partial charge on any atom is -0.422 e. The van der Waals surface area contributed by atoms with Crippen LogP contribution in [0.2, 0.25) is 0 Å². The average molecular weight is 246 g/mol. The number of fused-ring (bicyclic) bond motifs is 3. The van der Waals surface area contributed by atoms with Crippen LogP contribution in [0.3, 0.4) is 0 Å². The summed E-state index contributed by atoms with van der Waals surface area (Å²) in [6.45, 7) is 0. The molecule has 1 aromatic carbocycles. The van der Waals surface area contributed by atoms with Crippen LogP contribution in [0.4, 0.5) is 0 Å². The van der Waals surface area contributed by atoms with Crippen molar-refractivity contribution < 1.29 is 19.1 Å². The number of rotatable bonds is 0. The number of aryl methyl sites for hydroxylation is 2. The summed E-state index contributed by atoms with van der Waals surface area (Å²) in [5, 5.41) is 0. The van der Waals surface area contributed by atoms with Crippen molar-refractivity contribution in [1.82, 2.24) is 0 Å². The Morgan fingerprint density at radius 3 is 1.61 bits per heavy atom. The Morgan fingerprint density at radius 1 is 0.722 bits per heavy atom. The van der Waals surface area contributed by atoms with Crippen molar-refractivity contribution in [3.63, 3.8) is 0 Å². The maximum absolute atomic E-state index is 11.5. The molecule has 0 saturated carbocycles. The summed E-state index contributed by atoms with van der Waals surface area (Å²) < 4.78 is 10.7. The third-order valence-electron chi connectivity index (χ3n) is 3.36. The second kappa shape index (κ2) is 4.44. The zero-order valence-electron chi connectivity index (χ0n) is 10.0. The molecular formula is C14H14O4. The molecule has 0 atom stereocenters. The second-order valence-electron chi connectivity index (χ2n) is 4.70. The Hall–Kier alpha value is -1.84. The van der Waals surface area contributed by atoms with E-state index in [1.165, 1.54) is 0 Å². The molecule has 0 aliphatic carbocycles. The van der Waals surface area contributed by atoms with Crippen LogP contribution in [-0.4, -0.2) is 11.9 Å². The molecule has 0 aromatic heterocycles. The van der Waals surface area contributed by atoms with Crippen molar-refractivity contribution >= 4 is 11.9 Å². The molecule has 4 nitrogen and oxygen atoms in total. The summed E-state index contributed by atoms with van der Waals surface area (Å²) in [6, 6.07) is 3.96. The lowest BCUT2D eigenvalue weighted by atomic mass is 10.0. The molecule has 2 aliphatic rings. The highest BCUT2D eigenvalue weighted by Gasteiger charge is 2.25. The summed E-state index contributed by atoms with van der Waals surface area (Å²) >= 11 is 0. The molecule has 0 bridgehead atoms. The van der Waals surface area contributed by atoms with Crippen molar-refractivity contribution in [3.05, 3.63) is 23.3 Å². The first-order chi connectivity index (χ1) is 8.74.